The third-order valence-electron chi connectivity index (χ3n) is 5.93. The molecule has 156 valence electrons. The first-order valence-corrected chi connectivity index (χ1v) is 11.2. The van der Waals surface area contributed by atoms with Crippen molar-refractivity contribution in [1.29, 1.82) is 0 Å². The maximum atomic E-state index is 13.4. The zero-order valence-corrected chi connectivity index (χ0v) is 17.7. The molecule has 1 aromatic carbocycles. The van der Waals surface area contributed by atoms with Gasteiger partial charge in [0.2, 0.25) is 10.0 Å². The van der Waals surface area contributed by atoms with Crippen molar-refractivity contribution < 1.29 is 17.6 Å². The van der Waals surface area contributed by atoms with Gasteiger partial charge in [-0.05, 0) is 31.0 Å². The van der Waals surface area contributed by atoms with Crippen molar-refractivity contribution in [2.24, 2.45) is 0 Å². The Hall–Kier alpha value is -1.42. The summed E-state index contributed by atoms with van der Waals surface area (Å²) in [6.07, 6.45) is 1.76. The van der Waals surface area contributed by atoms with Crippen molar-refractivity contribution in [1.82, 2.24) is 19.4 Å². The first-order chi connectivity index (χ1) is 13.2. The van der Waals surface area contributed by atoms with Crippen LogP contribution in [-0.2, 0) is 10.0 Å². The molecular formula is C18H26ClFN4O3S. The maximum Gasteiger partial charge on any atom is 0.317 e. The summed E-state index contributed by atoms with van der Waals surface area (Å²) in [6, 6.07) is 3.40. The molecule has 10 heteroatoms. The minimum atomic E-state index is -3.72. The molecule has 0 aliphatic carbocycles. The Kier molecular flexibility index (Phi) is 6.19. The zero-order chi connectivity index (χ0) is 20.5. The highest BCUT2D eigenvalue weighted by molar-refractivity contribution is 7.89. The fourth-order valence-electron chi connectivity index (χ4n) is 4.15. The lowest BCUT2D eigenvalue weighted by Crippen LogP contribution is -2.59. The van der Waals surface area contributed by atoms with E-state index in [9.17, 15) is 17.6 Å². The second kappa shape index (κ2) is 8.14. The molecule has 0 aromatic heterocycles. The van der Waals surface area contributed by atoms with Crippen LogP contribution in [0.5, 0.6) is 0 Å². The summed E-state index contributed by atoms with van der Waals surface area (Å²) < 4.78 is 40.5. The topological polar surface area (TPSA) is 73.0 Å². The molecule has 1 N–H and O–H groups in total. The maximum absolute atomic E-state index is 13.4. The van der Waals surface area contributed by atoms with Gasteiger partial charge in [0.05, 0.1) is 9.92 Å². The number of benzene rings is 1. The predicted octanol–water partition coefficient (Wildman–Crippen LogP) is 1.98. The number of hydrogen-bond donors (Lipinski definition) is 1. The van der Waals surface area contributed by atoms with Gasteiger partial charge in [0.15, 0.2) is 0 Å². The standard InChI is InChI=1S/C18H26ClFN4O3S/c1-3-18(6-7-22(13-18)17(25)21-2)23-8-10-24(11-9-23)28(26,27)14-4-5-16(20)15(19)12-14/h4-5,12H,3,6-11,13H2,1-2H3,(H,21,25). The van der Waals surface area contributed by atoms with Crippen LogP contribution in [0.4, 0.5) is 9.18 Å². The molecule has 0 spiro atoms. The molecule has 2 fully saturated rings. The van der Waals surface area contributed by atoms with E-state index >= 15 is 0 Å². The Balaban J connectivity index is 1.69. The number of nitrogens with zero attached hydrogens (tertiary/aromatic N) is 3. The fraction of sp³-hybridized carbons (Fsp3) is 0.611. The largest absolute Gasteiger partial charge is 0.341 e. The lowest BCUT2D eigenvalue weighted by molar-refractivity contribution is 0.0574. The molecule has 1 atom stereocenters. The molecule has 0 saturated carbocycles. The minimum Gasteiger partial charge on any atom is -0.341 e. The lowest BCUT2D eigenvalue weighted by Gasteiger charge is -2.45. The summed E-state index contributed by atoms with van der Waals surface area (Å²) in [6.45, 7) is 5.31. The van der Waals surface area contributed by atoms with Crippen LogP contribution in [0.1, 0.15) is 19.8 Å². The summed E-state index contributed by atoms with van der Waals surface area (Å²) >= 11 is 5.75. The summed E-state index contributed by atoms with van der Waals surface area (Å²) in [5.41, 5.74) is -0.123. The van der Waals surface area contributed by atoms with Gasteiger partial charge in [0, 0.05) is 51.9 Å². The molecule has 2 aliphatic rings. The number of hydrogen-bond acceptors (Lipinski definition) is 4. The van der Waals surface area contributed by atoms with Crippen LogP contribution in [0.2, 0.25) is 5.02 Å². The van der Waals surface area contributed by atoms with Crippen LogP contribution in [0.15, 0.2) is 23.1 Å². The highest BCUT2D eigenvalue weighted by Crippen LogP contribution is 2.33. The van der Waals surface area contributed by atoms with Crippen LogP contribution in [0, 0.1) is 5.82 Å². The van der Waals surface area contributed by atoms with E-state index < -0.39 is 15.8 Å². The molecule has 7 nitrogen and oxygen atoms in total. The van der Waals surface area contributed by atoms with Crippen LogP contribution in [-0.4, -0.2) is 80.4 Å². The molecule has 1 unspecified atom stereocenters. The highest BCUT2D eigenvalue weighted by atomic mass is 35.5. The van der Waals surface area contributed by atoms with E-state index in [-0.39, 0.29) is 21.5 Å². The third-order valence-corrected chi connectivity index (χ3v) is 8.11. The van der Waals surface area contributed by atoms with Gasteiger partial charge in [0.25, 0.3) is 0 Å². The van der Waals surface area contributed by atoms with Crippen LogP contribution >= 0.6 is 11.6 Å². The van der Waals surface area contributed by atoms with Crippen molar-refractivity contribution in [3.63, 3.8) is 0 Å². The molecule has 28 heavy (non-hydrogen) atoms. The molecule has 2 heterocycles. The van der Waals surface area contributed by atoms with E-state index in [1.165, 1.54) is 10.4 Å². The van der Waals surface area contributed by atoms with Gasteiger partial charge >= 0.3 is 6.03 Å². The second-order valence-corrected chi connectivity index (χ2v) is 9.62. The van der Waals surface area contributed by atoms with Gasteiger partial charge in [0.1, 0.15) is 5.82 Å². The molecule has 0 radical (unpaired) electrons. The minimum absolute atomic E-state index is 0.00390. The van der Waals surface area contributed by atoms with E-state index in [1.807, 2.05) is 4.90 Å². The summed E-state index contributed by atoms with van der Waals surface area (Å²) in [4.78, 5) is 16.1. The van der Waals surface area contributed by atoms with E-state index in [0.29, 0.717) is 39.3 Å². The van der Waals surface area contributed by atoms with Crippen molar-refractivity contribution in [2.75, 3.05) is 46.3 Å². The number of rotatable bonds is 4. The number of amides is 2. The smallest absolute Gasteiger partial charge is 0.317 e. The van der Waals surface area contributed by atoms with Crippen molar-refractivity contribution >= 4 is 27.7 Å². The molecule has 3 rings (SSSR count). The van der Waals surface area contributed by atoms with Crippen LogP contribution in [0.3, 0.4) is 0 Å². The average Bonchev–Trinajstić information content (AvgIpc) is 3.15. The van der Waals surface area contributed by atoms with Gasteiger partial charge in [-0.25, -0.2) is 17.6 Å². The van der Waals surface area contributed by atoms with E-state index in [0.717, 1.165) is 25.0 Å². The van der Waals surface area contributed by atoms with Crippen LogP contribution < -0.4 is 5.32 Å². The van der Waals surface area contributed by atoms with Gasteiger partial charge in [-0.1, -0.05) is 18.5 Å². The van der Waals surface area contributed by atoms with Gasteiger partial charge in [-0.2, -0.15) is 4.31 Å². The number of nitrogens with one attached hydrogen (secondary N) is 1. The molecule has 2 saturated heterocycles. The van der Waals surface area contributed by atoms with Crippen molar-refractivity contribution in [3.8, 4) is 0 Å². The Morgan fingerprint density at radius 1 is 1.25 bits per heavy atom. The molecule has 1 aromatic rings. The Morgan fingerprint density at radius 2 is 1.93 bits per heavy atom. The number of likely N-dealkylation sites (tertiary alicyclic amines) is 1. The highest BCUT2D eigenvalue weighted by Gasteiger charge is 2.44. The van der Waals surface area contributed by atoms with Gasteiger partial charge in [-0.3, -0.25) is 4.90 Å². The van der Waals surface area contributed by atoms with E-state index in [4.69, 9.17) is 11.6 Å². The monoisotopic (exact) mass is 432 g/mol. The second-order valence-electron chi connectivity index (χ2n) is 7.27. The molecular weight excluding hydrogens is 407 g/mol. The summed E-state index contributed by atoms with van der Waals surface area (Å²) in [5, 5.41) is 2.46. The third kappa shape index (κ3) is 3.85. The Morgan fingerprint density at radius 3 is 2.50 bits per heavy atom. The predicted molar refractivity (Wildman–Crippen MR) is 105 cm³/mol. The van der Waals surface area contributed by atoms with Crippen LogP contribution in [0.25, 0.3) is 0 Å². The Labute approximate surface area is 170 Å². The quantitative estimate of drug-likeness (QED) is 0.789. The fourth-order valence-corrected chi connectivity index (χ4v) is 5.84. The van der Waals surface area contributed by atoms with Crippen molar-refractivity contribution in [3.05, 3.63) is 29.0 Å². The van der Waals surface area contributed by atoms with Crippen molar-refractivity contribution in [2.45, 2.75) is 30.2 Å². The number of piperazine rings is 1. The summed E-state index contributed by atoms with van der Waals surface area (Å²) in [7, 11) is -2.10. The average molecular weight is 433 g/mol. The first-order valence-electron chi connectivity index (χ1n) is 9.40. The number of sulfonamides is 1. The lowest BCUT2D eigenvalue weighted by atomic mass is 9.92. The molecule has 2 amide bonds. The van der Waals surface area contributed by atoms with Gasteiger partial charge in [-0.15, -0.1) is 0 Å². The van der Waals surface area contributed by atoms with E-state index in [2.05, 4.69) is 17.1 Å². The SMILES string of the molecule is CCC1(N2CCN(S(=O)(=O)c3ccc(F)c(Cl)c3)CC2)CCN(C(=O)NC)C1. The number of carbonyl (C=O) groups is 1. The number of carbonyl (C=O) groups excluding carboxylic acids is 1. The first kappa shape index (κ1) is 21.3. The number of halogens is 2. The normalized spacial score (nSPS) is 24.5. The molecule has 2 aliphatic heterocycles. The van der Waals surface area contributed by atoms with Gasteiger partial charge < -0.3 is 10.2 Å². The van der Waals surface area contributed by atoms with E-state index in [1.54, 1.807) is 7.05 Å². The molecule has 0 bridgehead atoms. The Bertz CT molecular complexity index is 845. The summed E-state index contributed by atoms with van der Waals surface area (Å²) in [5.74, 6) is -0.641. The zero-order valence-electron chi connectivity index (χ0n) is 16.1. The number of urea groups is 1.